The maximum Gasteiger partial charge on any atom is 0.142 e. The van der Waals surface area contributed by atoms with E-state index in [2.05, 4.69) is 41.0 Å². The Labute approximate surface area is 116 Å². The van der Waals surface area contributed by atoms with Crippen LogP contribution in [0.3, 0.4) is 0 Å². The number of nitrogens with zero attached hydrogens (tertiary/aromatic N) is 3. The summed E-state index contributed by atoms with van der Waals surface area (Å²) in [5.41, 5.74) is 0.250. The molecule has 19 heavy (non-hydrogen) atoms. The van der Waals surface area contributed by atoms with Crippen LogP contribution in [0.5, 0.6) is 0 Å². The third-order valence-corrected chi connectivity index (χ3v) is 4.51. The highest BCUT2D eigenvalue weighted by molar-refractivity contribution is 4.96. The summed E-state index contributed by atoms with van der Waals surface area (Å²) in [4.78, 5) is 11.3. The largest absolute Gasteiger partial charge is 0.310 e. The van der Waals surface area contributed by atoms with Gasteiger partial charge in [0.25, 0.3) is 0 Å². The Hall–Kier alpha value is -1.00. The normalized spacial score (nSPS) is 24.1. The first-order valence-corrected chi connectivity index (χ1v) is 7.44. The molecule has 1 aliphatic rings. The molecule has 4 heteroatoms. The predicted molar refractivity (Wildman–Crippen MR) is 77.8 cm³/mol. The lowest BCUT2D eigenvalue weighted by molar-refractivity contribution is 0.149. The van der Waals surface area contributed by atoms with Crippen molar-refractivity contribution in [2.75, 3.05) is 13.1 Å². The van der Waals surface area contributed by atoms with Crippen LogP contribution in [0.4, 0.5) is 0 Å². The van der Waals surface area contributed by atoms with E-state index in [1.165, 1.54) is 19.3 Å². The Balaban J connectivity index is 2.12. The summed E-state index contributed by atoms with van der Waals surface area (Å²) in [6.07, 6.45) is 7.19. The van der Waals surface area contributed by atoms with Crippen LogP contribution in [0, 0.1) is 0 Å². The third kappa shape index (κ3) is 3.51. The van der Waals surface area contributed by atoms with Crippen molar-refractivity contribution in [3.63, 3.8) is 0 Å². The van der Waals surface area contributed by atoms with Crippen molar-refractivity contribution in [3.8, 4) is 0 Å². The standard InChI is InChI=1S/C15H26N4/c1-4-15(5-2)12-19(13(3)7-10-18-15)11-14-16-8-6-9-17-14/h6,8-9,13,18H,4-5,7,10-12H2,1-3H3. The average molecular weight is 262 g/mol. The Morgan fingerprint density at radius 1 is 1.32 bits per heavy atom. The van der Waals surface area contributed by atoms with E-state index >= 15 is 0 Å². The Morgan fingerprint density at radius 2 is 2.00 bits per heavy atom. The molecule has 1 N–H and O–H groups in total. The summed E-state index contributed by atoms with van der Waals surface area (Å²) >= 11 is 0. The SMILES string of the molecule is CCC1(CC)CN(Cc2ncccn2)C(C)CCN1. The van der Waals surface area contributed by atoms with Gasteiger partial charge in [-0.2, -0.15) is 0 Å². The number of rotatable bonds is 4. The van der Waals surface area contributed by atoms with Crippen molar-refractivity contribution in [2.24, 2.45) is 0 Å². The lowest BCUT2D eigenvalue weighted by atomic mass is 9.92. The molecule has 2 heterocycles. The molecule has 1 fully saturated rings. The summed E-state index contributed by atoms with van der Waals surface area (Å²) in [5.74, 6) is 0.928. The zero-order valence-electron chi connectivity index (χ0n) is 12.4. The smallest absolute Gasteiger partial charge is 0.142 e. The van der Waals surface area contributed by atoms with Gasteiger partial charge in [0.2, 0.25) is 0 Å². The molecule has 0 spiro atoms. The number of hydrogen-bond acceptors (Lipinski definition) is 4. The molecular formula is C15H26N4. The summed E-state index contributed by atoms with van der Waals surface area (Å²) in [7, 11) is 0. The van der Waals surface area contributed by atoms with E-state index in [-0.39, 0.29) is 5.54 Å². The first-order chi connectivity index (χ1) is 9.19. The lowest BCUT2D eigenvalue weighted by Gasteiger charge is -2.36. The fourth-order valence-electron chi connectivity index (χ4n) is 2.86. The van der Waals surface area contributed by atoms with Gasteiger partial charge in [0.05, 0.1) is 6.54 Å². The molecule has 4 nitrogen and oxygen atoms in total. The molecular weight excluding hydrogens is 236 g/mol. The van der Waals surface area contributed by atoms with E-state index in [1.54, 1.807) is 0 Å². The molecule has 0 radical (unpaired) electrons. The van der Waals surface area contributed by atoms with Crippen LogP contribution >= 0.6 is 0 Å². The molecule has 1 atom stereocenters. The minimum absolute atomic E-state index is 0.250. The summed E-state index contributed by atoms with van der Waals surface area (Å²) < 4.78 is 0. The Kier molecular flexibility index (Phi) is 4.88. The first-order valence-electron chi connectivity index (χ1n) is 7.44. The van der Waals surface area contributed by atoms with Gasteiger partial charge in [0, 0.05) is 30.5 Å². The van der Waals surface area contributed by atoms with Gasteiger partial charge in [-0.25, -0.2) is 9.97 Å². The highest BCUT2D eigenvalue weighted by atomic mass is 15.2. The summed E-state index contributed by atoms with van der Waals surface area (Å²) in [5, 5.41) is 3.76. The molecule has 2 rings (SSSR count). The second-order valence-electron chi connectivity index (χ2n) is 5.62. The van der Waals surface area contributed by atoms with Crippen LogP contribution in [0.15, 0.2) is 18.5 Å². The predicted octanol–water partition coefficient (Wildman–Crippen LogP) is 2.22. The van der Waals surface area contributed by atoms with Gasteiger partial charge in [-0.3, -0.25) is 4.90 Å². The monoisotopic (exact) mass is 262 g/mol. The van der Waals surface area contributed by atoms with Crippen molar-refractivity contribution in [1.29, 1.82) is 0 Å². The quantitative estimate of drug-likeness (QED) is 0.903. The minimum Gasteiger partial charge on any atom is -0.310 e. The molecule has 1 aromatic heterocycles. The van der Waals surface area contributed by atoms with Crippen LogP contribution < -0.4 is 5.32 Å². The average Bonchev–Trinajstić information content (AvgIpc) is 2.61. The van der Waals surface area contributed by atoms with E-state index in [0.29, 0.717) is 6.04 Å². The first kappa shape index (κ1) is 14.4. The van der Waals surface area contributed by atoms with Crippen molar-refractivity contribution in [1.82, 2.24) is 20.2 Å². The van der Waals surface area contributed by atoms with Crippen LogP contribution in [-0.2, 0) is 6.54 Å². The van der Waals surface area contributed by atoms with Gasteiger partial charge in [-0.15, -0.1) is 0 Å². The van der Waals surface area contributed by atoms with Crippen molar-refractivity contribution < 1.29 is 0 Å². The fourth-order valence-corrected chi connectivity index (χ4v) is 2.86. The van der Waals surface area contributed by atoms with Gasteiger partial charge in [-0.05, 0) is 38.8 Å². The maximum atomic E-state index is 4.36. The van der Waals surface area contributed by atoms with Crippen LogP contribution in [-0.4, -0.2) is 39.5 Å². The molecule has 0 aromatic carbocycles. The second-order valence-corrected chi connectivity index (χ2v) is 5.62. The highest BCUT2D eigenvalue weighted by Crippen LogP contribution is 2.23. The summed E-state index contributed by atoms with van der Waals surface area (Å²) in [6.45, 7) is 9.92. The van der Waals surface area contributed by atoms with Crippen molar-refractivity contribution >= 4 is 0 Å². The molecule has 0 aliphatic carbocycles. The fraction of sp³-hybridized carbons (Fsp3) is 0.733. The molecule has 1 aromatic rings. The van der Waals surface area contributed by atoms with E-state index in [0.717, 1.165) is 25.5 Å². The third-order valence-electron chi connectivity index (χ3n) is 4.51. The van der Waals surface area contributed by atoms with Gasteiger partial charge in [0.1, 0.15) is 5.82 Å². The number of nitrogens with one attached hydrogen (secondary N) is 1. The van der Waals surface area contributed by atoms with Crippen LogP contribution in [0.1, 0.15) is 45.9 Å². The Morgan fingerprint density at radius 3 is 2.63 bits per heavy atom. The molecule has 1 unspecified atom stereocenters. The molecule has 0 amide bonds. The zero-order valence-corrected chi connectivity index (χ0v) is 12.4. The summed E-state index contributed by atoms with van der Waals surface area (Å²) in [6, 6.07) is 2.45. The topological polar surface area (TPSA) is 41.1 Å². The van der Waals surface area contributed by atoms with E-state index in [9.17, 15) is 0 Å². The van der Waals surface area contributed by atoms with E-state index < -0.39 is 0 Å². The number of hydrogen-bond donors (Lipinski definition) is 1. The van der Waals surface area contributed by atoms with Gasteiger partial charge in [-0.1, -0.05) is 13.8 Å². The highest BCUT2D eigenvalue weighted by Gasteiger charge is 2.33. The van der Waals surface area contributed by atoms with Gasteiger partial charge >= 0.3 is 0 Å². The van der Waals surface area contributed by atoms with Crippen molar-refractivity contribution in [3.05, 3.63) is 24.3 Å². The molecule has 0 saturated carbocycles. The molecule has 0 bridgehead atoms. The van der Waals surface area contributed by atoms with Crippen molar-refractivity contribution in [2.45, 2.75) is 58.2 Å². The van der Waals surface area contributed by atoms with E-state index in [4.69, 9.17) is 0 Å². The van der Waals surface area contributed by atoms with Crippen LogP contribution in [0.2, 0.25) is 0 Å². The second kappa shape index (κ2) is 6.44. The Bertz CT molecular complexity index is 375. The zero-order chi connectivity index (χ0) is 13.7. The lowest BCUT2D eigenvalue weighted by Crippen LogP contribution is -2.51. The molecule has 106 valence electrons. The van der Waals surface area contributed by atoms with Gasteiger partial charge in [0.15, 0.2) is 0 Å². The maximum absolute atomic E-state index is 4.36. The number of aromatic nitrogens is 2. The van der Waals surface area contributed by atoms with Crippen LogP contribution in [0.25, 0.3) is 0 Å². The van der Waals surface area contributed by atoms with Gasteiger partial charge < -0.3 is 5.32 Å². The molecule has 1 aliphatic heterocycles. The minimum atomic E-state index is 0.250. The molecule has 1 saturated heterocycles. The van der Waals surface area contributed by atoms with E-state index in [1.807, 2.05) is 18.5 Å².